The molecule has 2 rings (SSSR count). The third-order valence-electron chi connectivity index (χ3n) is 3.18. The molecule has 0 spiro atoms. The van der Waals surface area contributed by atoms with Crippen molar-refractivity contribution in [2.24, 2.45) is 0 Å². The molecule has 0 fully saturated rings. The number of carbonyl (C=O) groups excluding carboxylic acids is 2. The first kappa shape index (κ1) is 14.3. The lowest BCUT2D eigenvalue weighted by molar-refractivity contribution is -0.115. The van der Waals surface area contributed by atoms with Crippen LogP contribution in [0.1, 0.15) is 29.3 Å². The van der Waals surface area contributed by atoms with E-state index in [0.29, 0.717) is 36.5 Å². The second-order valence-corrected chi connectivity index (χ2v) is 5.47. The molecule has 6 nitrogen and oxygen atoms in total. The Labute approximate surface area is 120 Å². The first-order valence-corrected chi connectivity index (χ1v) is 7.09. The van der Waals surface area contributed by atoms with Gasteiger partial charge >= 0.3 is 6.09 Å². The van der Waals surface area contributed by atoms with Crippen molar-refractivity contribution >= 4 is 28.3 Å². The Morgan fingerprint density at radius 3 is 2.90 bits per heavy atom. The van der Waals surface area contributed by atoms with Crippen LogP contribution in [-0.4, -0.2) is 30.6 Å². The molecule has 0 aliphatic carbocycles. The number of methoxy groups -OCH3 is 1. The Morgan fingerprint density at radius 2 is 2.30 bits per heavy atom. The first-order chi connectivity index (χ1) is 9.60. The number of thiophene rings is 1. The lowest BCUT2D eigenvalue weighted by Crippen LogP contribution is -2.35. The lowest BCUT2D eigenvalue weighted by Gasteiger charge is -2.25. The number of amides is 2. The predicted molar refractivity (Wildman–Crippen MR) is 74.5 cm³/mol. The van der Waals surface area contributed by atoms with E-state index >= 15 is 0 Å². The van der Waals surface area contributed by atoms with Crippen molar-refractivity contribution in [1.82, 2.24) is 4.90 Å². The van der Waals surface area contributed by atoms with Gasteiger partial charge in [-0.2, -0.15) is 5.26 Å². The molecule has 1 aliphatic heterocycles. The van der Waals surface area contributed by atoms with Gasteiger partial charge in [0, 0.05) is 17.8 Å². The van der Waals surface area contributed by atoms with Crippen LogP contribution in [0.25, 0.3) is 0 Å². The van der Waals surface area contributed by atoms with Crippen LogP contribution in [0.15, 0.2) is 0 Å². The second-order valence-electron chi connectivity index (χ2n) is 4.36. The minimum atomic E-state index is -0.373. The number of carbonyl (C=O) groups is 2. The van der Waals surface area contributed by atoms with Crippen molar-refractivity contribution in [1.29, 1.82) is 5.26 Å². The minimum absolute atomic E-state index is 0.120. The van der Waals surface area contributed by atoms with Gasteiger partial charge in [-0.15, -0.1) is 11.3 Å². The first-order valence-electron chi connectivity index (χ1n) is 6.28. The van der Waals surface area contributed by atoms with E-state index in [4.69, 9.17) is 4.74 Å². The Balaban J connectivity index is 2.28. The maximum Gasteiger partial charge on any atom is 0.409 e. The fourth-order valence-electron chi connectivity index (χ4n) is 2.11. The quantitative estimate of drug-likeness (QED) is 0.905. The van der Waals surface area contributed by atoms with Gasteiger partial charge in [0.2, 0.25) is 5.91 Å². The molecule has 2 heterocycles. The molecule has 1 N–H and O–H groups in total. The second kappa shape index (κ2) is 5.92. The molecule has 1 aromatic heterocycles. The summed E-state index contributed by atoms with van der Waals surface area (Å²) in [5.41, 5.74) is 1.46. The maximum atomic E-state index is 11.5. The van der Waals surface area contributed by atoms with E-state index in [-0.39, 0.29) is 12.0 Å². The standard InChI is InChI=1S/C13H15N3O3S/c1-3-11(17)15-12-9(6-14)8-4-5-16(13(18)19-2)7-10(8)20-12/h3-5,7H2,1-2H3,(H,15,17). The van der Waals surface area contributed by atoms with Crippen LogP contribution in [0, 0.1) is 11.3 Å². The number of nitrogens with zero attached hydrogens (tertiary/aromatic N) is 2. The normalized spacial score (nSPS) is 13.3. The van der Waals surface area contributed by atoms with E-state index in [9.17, 15) is 14.9 Å². The highest BCUT2D eigenvalue weighted by Crippen LogP contribution is 2.36. The molecule has 0 unspecified atom stereocenters. The van der Waals surface area contributed by atoms with Crippen molar-refractivity contribution in [2.75, 3.05) is 19.0 Å². The molecule has 106 valence electrons. The van der Waals surface area contributed by atoms with Gasteiger partial charge in [-0.05, 0) is 12.0 Å². The van der Waals surface area contributed by atoms with Crippen molar-refractivity contribution in [3.63, 3.8) is 0 Å². The van der Waals surface area contributed by atoms with Crippen molar-refractivity contribution in [3.05, 3.63) is 16.0 Å². The monoisotopic (exact) mass is 293 g/mol. The molecule has 0 aromatic carbocycles. The Hall–Kier alpha value is -2.07. The third-order valence-corrected chi connectivity index (χ3v) is 4.31. The molecular formula is C13H15N3O3S. The van der Waals surface area contributed by atoms with E-state index < -0.39 is 0 Å². The maximum absolute atomic E-state index is 11.5. The van der Waals surface area contributed by atoms with Crippen LogP contribution in [0.3, 0.4) is 0 Å². The number of ether oxygens (including phenoxy) is 1. The molecule has 7 heteroatoms. The summed E-state index contributed by atoms with van der Waals surface area (Å²) in [5.74, 6) is -0.120. The van der Waals surface area contributed by atoms with Crippen molar-refractivity contribution in [2.45, 2.75) is 26.3 Å². The molecule has 0 saturated carbocycles. The van der Waals surface area contributed by atoms with Gasteiger partial charge in [0.05, 0.1) is 19.2 Å². The molecular weight excluding hydrogens is 278 g/mol. The average Bonchev–Trinajstić information content (AvgIpc) is 2.81. The summed E-state index contributed by atoms with van der Waals surface area (Å²) in [4.78, 5) is 25.5. The van der Waals surface area contributed by atoms with Crippen LogP contribution < -0.4 is 5.32 Å². The summed E-state index contributed by atoms with van der Waals surface area (Å²) >= 11 is 1.36. The van der Waals surface area contributed by atoms with Crippen LogP contribution >= 0.6 is 11.3 Å². The summed E-state index contributed by atoms with van der Waals surface area (Å²) in [6, 6.07) is 2.15. The molecule has 0 saturated heterocycles. The van der Waals surface area contributed by atoms with E-state index in [1.165, 1.54) is 18.4 Å². The fourth-order valence-corrected chi connectivity index (χ4v) is 3.34. The van der Waals surface area contributed by atoms with Crippen LogP contribution in [0.2, 0.25) is 0 Å². The highest BCUT2D eigenvalue weighted by atomic mass is 32.1. The number of hydrogen-bond acceptors (Lipinski definition) is 5. The number of anilines is 1. The summed E-state index contributed by atoms with van der Waals surface area (Å²) in [6.45, 7) is 2.70. The Kier molecular flexibility index (Phi) is 4.25. The van der Waals surface area contributed by atoms with Gasteiger partial charge in [0.15, 0.2) is 0 Å². The Morgan fingerprint density at radius 1 is 1.55 bits per heavy atom. The molecule has 20 heavy (non-hydrogen) atoms. The van der Waals surface area contributed by atoms with E-state index in [0.717, 1.165) is 10.4 Å². The third kappa shape index (κ3) is 2.60. The molecule has 0 radical (unpaired) electrons. The van der Waals surface area contributed by atoms with E-state index in [1.54, 1.807) is 11.8 Å². The molecule has 0 atom stereocenters. The lowest BCUT2D eigenvalue weighted by atomic mass is 10.0. The summed E-state index contributed by atoms with van der Waals surface area (Å²) in [7, 11) is 1.35. The fraction of sp³-hybridized carbons (Fsp3) is 0.462. The zero-order valence-corrected chi connectivity index (χ0v) is 12.2. The smallest absolute Gasteiger partial charge is 0.409 e. The molecule has 2 amide bonds. The van der Waals surface area contributed by atoms with Crippen molar-refractivity contribution < 1.29 is 14.3 Å². The largest absolute Gasteiger partial charge is 0.453 e. The van der Waals surface area contributed by atoms with Crippen LogP contribution in [-0.2, 0) is 22.5 Å². The summed E-state index contributed by atoms with van der Waals surface area (Å²) in [5, 5.41) is 12.6. The van der Waals surface area contributed by atoms with Crippen molar-refractivity contribution in [3.8, 4) is 6.07 Å². The highest BCUT2D eigenvalue weighted by Gasteiger charge is 2.27. The number of hydrogen-bond donors (Lipinski definition) is 1. The Bertz CT molecular complexity index is 588. The van der Waals surface area contributed by atoms with Gasteiger partial charge in [0.25, 0.3) is 0 Å². The number of nitrogens with one attached hydrogen (secondary N) is 1. The van der Waals surface area contributed by atoms with Gasteiger partial charge in [-0.3, -0.25) is 4.79 Å². The van der Waals surface area contributed by atoms with Crippen LogP contribution in [0.4, 0.5) is 9.80 Å². The zero-order valence-electron chi connectivity index (χ0n) is 11.4. The molecule has 0 bridgehead atoms. The summed E-state index contributed by atoms with van der Waals surface area (Å²) < 4.78 is 4.71. The predicted octanol–water partition coefficient (Wildman–Crippen LogP) is 2.09. The molecule has 1 aromatic rings. The minimum Gasteiger partial charge on any atom is -0.453 e. The van der Waals surface area contributed by atoms with Gasteiger partial charge in [-0.1, -0.05) is 6.92 Å². The zero-order chi connectivity index (χ0) is 14.7. The van der Waals surface area contributed by atoms with Gasteiger partial charge in [-0.25, -0.2) is 4.79 Å². The average molecular weight is 293 g/mol. The topological polar surface area (TPSA) is 82.4 Å². The molecule has 1 aliphatic rings. The highest BCUT2D eigenvalue weighted by molar-refractivity contribution is 7.16. The SMILES string of the molecule is CCC(=O)Nc1sc2c(c1C#N)CCN(C(=O)OC)C2. The number of nitriles is 1. The number of rotatable bonds is 2. The van der Waals surface area contributed by atoms with E-state index in [1.807, 2.05) is 0 Å². The van der Waals surface area contributed by atoms with Gasteiger partial charge in [0.1, 0.15) is 11.1 Å². The van der Waals surface area contributed by atoms with E-state index in [2.05, 4.69) is 11.4 Å². The number of fused-ring (bicyclic) bond motifs is 1. The van der Waals surface area contributed by atoms with Crippen LogP contribution in [0.5, 0.6) is 0 Å². The van der Waals surface area contributed by atoms with Gasteiger partial charge < -0.3 is 15.0 Å². The summed E-state index contributed by atoms with van der Waals surface area (Å²) in [6.07, 6.45) is 0.592.